The third kappa shape index (κ3) is 4.25. The van der Waals surface area contributed by atoms with Crippen LogP contribution in [0.4, 0.5) is 5.69 Å². The molecule has 2 rings (SSSR count). The number of ether oxygens (including phenoxy) is 1. The topological polar surface area (TPSA) is 75.8 Å². The molecule has 2 aromatic rings. The summed E-state index contributed by atoms with van der Waals surface area (Å²) in [5.41, 5.74) is 9.84. The van der Waals surface area contributed by atoms with Crippen molar-refractivity contribution in [3.63, 3.8) is 0 Å². The zero-order chi connectivity index (χ0) is 20.1. The lowest BCUT2D eigenvalue weighted by Gasteiger charge is -2.32. The van der Waals surface area contributed by atoms with E-state index >= 15 is 0 Å². The summed E-state index contributed by atoms with van der Waals surface area (Å²) in [4.78, 5) is 15.3. The van der Waals surface area contributed by atoms with E-state index in [0.717, 1.165) is 16.7 Å². The number of hydrogen-bond acceptors (Lipinski definition) is 4. The second-order valence-corrected chi connectivity index (χ2v) is 7.13. The van der Waals surface area contributed by atoms with Crippen LogP contribution in [0.2, 0.25) is 0 Å². The van der Waals surface area contributed by atoms with Gasteiger partial charge in [-0.2, -0.15) is 0 Å². The van der Waals surface area contributed by atoms with Crippen molar-refractivity contribution < 1.29 is 14.6 Å². The third-order valence-corrected chi connectivity index (χ3v) is 4.67. The van der Waals surface area contributed by atoms with Crippen LogP contribution in [0.25, 0.3) is 11.1 Å². The van der Waals surface area contributed by atoms with Gasteiger partial charge in [-0.3, -0.25) is 4.79 Å². The van der Waals surface area contributed by atoms with Crippen LogP contribution in [-0.2, 0) is 6.42 Å². The largest absolute Gasteiger partial charge is 0.496 e. The number of aliphatic hydroxyl groups excluding tert-OH is 1. The second-order valence-electron chi connectivity index (χ2n) is 7.13. The molecular weight excluding hydrogens is 340 g/mol. The van der Waals surface area contributed by atoms with Gasteiger partial charge in [0.25, 0.3) is 5.91 Å². The summed E-state index contributed by atoms with van der Waals surface area (Å²) in [5.74, 6) is 0.440. The molecule has 0 aliphatic rings. The van der Waals surface area contributed by atoms with Crippen LogP contribution in [0.3, 0.4) is 0 Å². The van der Waals surface area contributed by atoms with Gasteiger partial charge in [-0.05, 0) is 45.7 Å². The molecule has 146 valence electrons. The number of carbonyl (C=O) groups excluding carboxylic acids is 1. The van der Waals surface area contributed by atoms with Crippen molar-refractivity contribution >= 4 is 11.6 Å². The monoisotopic (exact) mass is 370 g/mol. The fraction of sp³-hybridized carbons (Fsp3) is 0.409. The van der Waals surface area contributed by atoms with Crippen LogP contribution in [-0.4, -0.2) is 41.7 Å². The van der Waals surface area contributed by atoms with Gasteiger partial charge in [0.15, 0.2) is 0 Å². The number of carbonyl (C=O) groups is 1. The quantitative estimate of drug-likeness (QED) is 0.728. The third-order valence-electron chi connectivity index (χ3n) is 4.67. The Hall–Kier alpha value is -2.53. The van der Waals surface area contributed by atoms with E-state index in [1.807, 2.05) is 62.9 Å². The van der Waals surface area contributed by atoms with Crippen molar-refractivity contribution in [2.45, 2.75) is 46.2 Å². The van der Waals surface area contributed by atoms with Crippen molar-refractivity contribution in [1.82, 2.24) is 4.90 Å². The Balaban J connectivity index is 2.70. The van der Waals surface area contributed by atoms with Crippen LogP contribution in [0.5, 0.6) is 5.75 Å². The number of methoxy groups -OCH3 is 1. The van der Waals surface area contributed by atoms with Crippen LogP contribution >= 0.6 is 0 Å². The average Bonchev–Trinajstić information content (AvgIpc) is 2.62. The molecule has 0 aromatic heterocycles. The summed E-state index contributed by atoms with van der Waals surface area (Å²) in [7, 11) is 1.57. The first-order valence-electron chi connectivity index (χ1n) is 9.31. The molecule has 0 spiro atoms. The Morgan fingerprint density at radius 2 is 1.67 bits per heavy atom. The Morgan fingerprint density at radius 1 is 1.07 bits per heavy atom. The number of nitrogens with zero attached hydrogens (tertiary/aromatic N) is 1. The summed E-state index contributed by atoms with van der Waals surface area (Å²) in [5, 5.41) is 9.29. The Kier molecular flexibility index (Phi) is 6.86. The summed E-state index contributed by atoms with van der Waals surface area (Å²) in [6, 6.07) is 11.3. The van der Waals surface area contributed by atoms with E-state index in [0.29, 0.717) is 23.4 Å². The number of nitrogen functional groups attached to an aromatic ring is 1. The van der Waals surface area contributed by atoms with E-state index in [1.54, 1.807) is 13.2 Å². The lowest BCUT2D eigenvalue weighted by molar-refractivity contribution is 0.0641. The van der Waals surface area contributed by atoms with Gasteiger partial charge in [0.1, 0.15) is 5.75 Å². The Morgan fingerprint density at radius 3 is 2.22 bits per heavy atom. The van der Waals surface area contributed by atoms with E-state index < -0.39 is 0 Å². The van der Waals surface area contributed by atoms with Gasteiger partial charge in [0, 0.05) is 35.5 Å². The number of para-hydroxylation sites is 1. The molecule has 0 saturated carbocycles. The lowest BCUT2D eigenvalue weighted by Crippen LogP contribution is -2.42. The van der Waals surface area contributed by atoms with E-state index in [1.165, 1.54) is 0 Å². The first kappa shape index (κ1) is 20.8. The molecule has 27 heavy (non-hydrogen) atoms. The van der Waals surface area contributed by atoms with Gasteiger partial charge < -0.3 is 20.5 Å². The maximum Gasteiger partial charge on any atom is 0.258 e. The molecular formula is C22H30N2O3. The minimum absolute atomic E-state index is 0.0199. The highest BCUT2D eigenvalue weighted by Crippen LogP contribution is 2.36. The molecule has 1 amide bonds. The summed E-state index contributed by atoms with van der Waals surface area (Å²) >= 11 is 0. The molecule has 0 fully saturated rings. The number of amides is 1. The summed E-state index contributed by atoms with van der Waals surface area (Å²) in [6.45, 7) is 8.03. The highest BCUT2D eigenvalue weighted by Gasteiger charge is 2.28. The molecule has 0 radical (unpaired) electrons. The van der Waals surface area contributed by atoms with E-state index in [9.17, 15) is 9.90 Å². The minimum atomic E-state index is -0.0839. The van der Waals surface area contributed by atoms with Gasteiger partial charge in [0.2, 0.25) is 0 Å². The van der Waals surface area contributed by atoms with Crippen LogP contribution in [0.15, 0.2) is 36.4 Å². The van der Waals surface area contributed by atoms with Gasteiger partial charge in [-0.25, -0.2) is 0 Å². The SMILES string of the molecule is COc1cccc(-c2cccc(CCO)c2N)c1C(=O)N(C(C)C)C(C)C. The number of nitrogens with two attached hydrogens (primary N) is 1. The predicted octanol–water partition coefficient (Wildman–Crippen LogP) is 3.74. The summed E-state index contributed by atoms with van der Waals surface area (Å²) < 4.78 is 5.53. The van der Waals surface area contributed by atoms with Crippen molar-refractivity contribution in [2.75, 3.05) is 19.5 Å². The fourth-order valence-corrected chi connectivity index (χ4v) is 3.53. The number of hydrogen-bond donors (Lipinski definition) is 2. The van der Waals surface area contributed by atoms with Crippen molar-refractivity contribution in [1.29, 1.82) is 0 Å². The zero-order valence-corrected chi connectivity index (χ0v) is 16.8. The normalized spacial score (nSPS) is 11.1. The van der Waals surface area contributed by atoms with Crippen LogP contribution in [0, 0.1) is 0 Å². The number of rotatable bonds is 7. The maximum atomic E-state index is 13.5. The molecule has 5 nitrogen and oxygen atoms in total. The first-order valence-corrected chi connectivity index (χ1v) is 9.31. The number of anilines is 1. The van der Waals surface area contributed by atoms with Gasteiger partial charge in [-0.15, -0.1) is 0 Å². The maximum absolute atomic E-state index is 13.5. The molecule has 0 atom stereocenters. The molecule has 3 N–H and O–H groups in total. The van der Waals surface area contributed by atoms with E-state index in [2.05, 4.69) is 0 Å². The van der Waals surface area contributed by atoms with Gasteiger partial charge in [-0.1, -0.05) is 30.3 Å². The minimum Gasteiger partial charge on any atom is -0.496 e. The molecule has 0 unspecified atom stereocenters. The summed E-state index contributed by atoms with van der Waals surface area (Å²) in [6.07, 6.45) is 0.469. The Bertz CT molecular complexity index is 792. The fourth-order valence-electron chi connectivity index (χ4n) is 3.53. The molecule has 0 aliphatic heterocycles. The second kappa shape index (κ2) is 8.91. The standard InChI is InChI=1S/C22H30N2O3/c1-14(2)24(15(3)4)22(26)20-17(9-7-11-19(20)27-5)18-10-6-8-16(12-13-25)21(18)23/h6-11,14-15,25H,12-13,23H2,1-5H3. The van der Waals surface area contributed by atoms with Gasteiger partial charge in [0.05, 0.1) is 12.7 Å². The molecule has 0 aliphatic carbocycles. The average molecular weight is 370 g/mol. The van der Waals surface area contributed by atoms with Gasteiger partial charge >= 0.3 is 0 Å². The Labute approximate surface area is 161 Å². The molecule has 0 bridgehead atoms. The van der Waals surface area contributed by atoms with Crippen LogP contribution < -0.4 is 10.5 Å². The van der Waals surface area contributed by atoms with Crippen LogP contribution in [0.1, 0.15) is 43.6 Å². The highest BCUT2D eigenvalue weighted by atomic mass is 16.5. The number of benzene rings is 2. The van der Waals surface area contributed by atoms with Crippen molar-refractivity contribution in [3.05, 3.63) is 47.5 Å². The molecule has 2 aromatic carbocycles. The highest BCUT2D eigenvalue weighted by molar-refractivity contribution is 6.05. The first-order chi connectivity index (χ1) is 12.8. The van der Waals surface area contributed by atoms with Crippen molar-refractivity contribution in [3.8, 4) is 16.9 Å². The lowest BCUT2D eigenvalue weighted by atomic mass is 9.93. The van der Waals surface area contributed by atoms with E-state index in [-0.39, 0.29) is 24.6 Å². The predicted molar refractivity (Wildman–Crippen MR) is 110 cm³/mol. The molecule has 5 heteroatoms. The number of aliphatic hydroxyl groups is 1. The molecule has 0 heterocycles. The zero-order valence-electron chi connectivity index (χ0n) is 16.8. The molecule has 0 saturated heterocycles. The van der Waals surface area contributed by atoms with Crippen molar-refractivity contribution in [2.24, 2.45) is 0 Å². The smallest absolute Gasteiger partial charge is 0.258 e. The van der Waals surface area contributed by atoms with E-state index in [4.69, 9.17) is 10.5 Å².